The second-order valence-corrected chi connectivity index (χ2v) is 6.35. The summed E-state index contributed by atoms with van der Waals surface area (Å²) < 4.78 is 45.0. The molecule has 0 spiro atoms. The van der Waals surface area contributed by atoms with Gasteiger partial charge in [0.05, 0.1) is 29.2 Å². The molecule has 4 rings (SSSR count). The van der Waals surface area contributed by atoms with Crippen LogP contribution in [0.5, 0.6) is 5.75 Å². The molecular weight excluding hydrogens is 413 g/mol. The van der Waals surface area contributed by atoms with Crippen molar-refractivity contribution in [3.05, 3.63) is 72.7 Å². The number of ether oxygens (including phenoxy) is 1. The molecule has 2 aromatic carbocycles. The maximum absolute atomic E-state index is 13.2. The molecule has 0 saturated carbocycles. The van der Waals surface area contributed by atoms with Crippen LogP contribution in [-0.4, -0.2) is 32.6 Å². The van der Waals surface area contributed by atoms with E-state index in [1.165, 1.54) is 41.7 Å². The number of nitrogens with one attached hydrogen (secondary N) is 2. The van der Waals surface area contributed by atoms with E-state index in [0.29, 0.717) is 11.4 Å². The maximum atomic E-state index is 13.2. The first-order valence-electron chi connectivity index (χ1n) is 9.01. The number of fused-ring (bicyclic) bond motifs is 1. The number of para-hydroxylation sites is 1. The quantitative estimate of drug-likeness (QED) is 0.486. The molecule has 1 amide bonds. The van der Waals surface area contributed by atoms with Crippen molar-refractivity contribution in [2.24, 2.45) is 0 Å². The van der Waals surface area contributed by atoms with Crippen molar-refractivity contribution in [3.8, 4) is 5.75 Å². The van der Waals surface area contributed by atoms with E-state index in [1.807, 2.05) is 0 Å². The van der Waals surface area contributed by atoms with E-state index in [0.717, 1.165) is 6.07 Å². The van der Waals surface area contributed by atoms with Gasteiger partial charge in [0.2, 0.25) is 0 Å². The van der Waals surface area contributed by atoms with Gasteiger partial charge >= 0.3 is 6.18 Å². The third-order valence-corrected chi connectivity index (χ3v) is 4.21. The Morgan fingerprint density at radius 2 is 1.68 bits per heavy atom. The third kappa shape index (κ3) is 4.71. The van der Waals surface area contributed by atoms with Crippen LogP contribution < -0.4 is 15.5 Å². The molecule has 4 aromatic rings. The standard InChI is InChI=1S/C20H15F3N6O2/c21-20(22,23)16-3-1-2-15-17(8-9-24-19(15)16)31-12-18(30)27-13-4-6-14(7-5-13)28-29-25-10-11-26-29/h1-11,28H,12H2,(H,27,30). The third-order valence-electron chi connectivity index (χ3n) is 4.21. The molecule has 11 heteroatoms. The molecule has 0 aliphatic rings. The second kappa shape index (κ2) is 8.30. The summed E-state index contributed by atoms with van der Waals surface area (Å²) in [5, 5.41) is 10.7. The Hall–Kier alpha value is -4.15. The van der Waals surface area contributed by atoms with E-state index in [4.69, 9.17) is 4.74 Å². The zero-order valence-corrected chi connectivity index (χ0v) is 15.8. The van der Waals surface area contributed by atoms with Gasteiger partial charge < -0.3 is 10.1 Å². The molecule has 8 nitrogen and oxygen atoms in total. The first kappa shape index (κ1) is 20.1. The van der Waals surface area contributed by atoms with Crippen molar-refractivity contribution in [1.29, 1.82) is 0 Å². The number of anilines is 2. The molecule has 0 fully saturated rings. The van der Waals surface area contributed by atoms with Gasteiger partial charge in [-0.1, -0.05) is 11.0 Å². The summed E-state index contributed by atoms with van der Waals surface area (Å²) in [6.07, 6.45) is -0.281. The minimum Gasteiger partial charge on any atom is -0.483 e. The first-order valence-corrected chi connectivity index (χ1v) is 9.01. The Morgan fingerprint density at radius 3 is 2.39 bits per heavy atom. The number of amides is 1. The summed E-state index contributed by atoms with van der Waals surface area (Å²) in [7, 11) is 0. The monoisotopic (exact) mass is 428 g/mol. The van der Waals surface area contributed by atoms with E-state index in [2.05, 4.69) is 25.9 Å². The highest BCUT2D eigenvalue weighted by atomic mass is 19.4. The lowest BCUT2D eigenvalue weighted by Crippen LogP contribution is -2.20. The van der Waals surface area contributed by atoms with Crippen molar-refractivity contribution in [2.75, 3.05) is 17.3 Å². The molecule has 2 heterocycles. The lowest BCUT2D eigenvalue weighted by molar-refractivity contribution is -0.136. The molecule has 2 N–H and O–H groups in total. The lowest BCUT2D eigenvalue weighted by Gasteiger charge is -2.13. The molecule has 0 unspecified atom stereocenters. The van der Waals surface area contributed by atoms with Gasteiger partial charge in [-0.3, -0.25) is 15.2 Å². The lowest BCUT2D eigenvalue weighted by atomic mass is 10.1. The van der Waals surface area contributed by atoms with Crippen molar-refractivity contribution < 1.29 is 22.7 Å². The van der Waals surface area contributed by atoms with E-state index in [1.54, 1.807) is 24.3 Å². The molecule has 0 aliphatic heterocycles. The number of nitrogens with zero attached hydrogens (tertiary/aromatic N) is 4. The zero-order valence-electron chi connectivity index (χ0n) is 15.8. The van der Waals surface area contributed by atoms with Crippen molar-refractivity contribution in [3.63, 3.8) is 0 Å². The Kier molecular flexibility index (Phi) is 5.39. The van der Waals surface area contributed by atoms with Crippen LogP contribution in [0, 0.1) is 0 Å². The van der Waals surface area contributed by atoms with Gasteiger partial charge in [0.15, 0.2) is 6.61 Å². The van der Waals surface area contributed by atoms with Crippen LogP contribution in [0.3, 0.4) is 0 Å². The van der Waals surface area contributed by atoms with Crippen LogP contribution in [0.15, 0.2) is 67.1 Å². The topological polar surface area (TPSA) is 94.0 Å². The summed E-state index contributed by atoms with van der Waals surface area (Å²) in [4.78, 5) is 17.3. The SMILES string of the molecule is O=C(COc1ccnc2c(C(F)(F)F)cccc12)Nc1ccc(Nn2nccn2)cc1. The van der Waals surface area contributed by atoms with E-state index < -0.39 is 17.6 Å². The second-order valence-electron chi connectivity index (χ2n) is 6.35. The van der Waals surface area contributed by atoms with Gasteiger partial charge in [0.1, 0.15) is 5.75 Å². The van der Waals surface area contributed by atoms with Crippen LogP contribution in [0.4, 0.5) is 24.5 Å². The Bertz CT molecular complexity index is 1190. The van der Waals surface area contributed by atoms with Crippen LogP contribution in [0.25, 0.3) is 10.9 Å². The van der Waals surface area contributed by atoms with E-state index in [9.17, 15) is 18.0 Å². The summed E-state index contributed by atoms with van der Waals surface area (Å²) in [5.74, 6) is -0.330. The van der Waals surface area contributed by atoms with Gasteiger partial charge in [-0.25, -0.2) is 0 Å². The molecule has 158 valence electrons. The number of pyridine rings is 1. The van der Waals surface area contributed by atoms with E-state index in [-0.39, 0.29) is 23.3 Å². The van der Waals surface area contributed by atoms with Gasteiger partial charge in [-0.2, -0.15) is 13.2 Å². The van der Waals surface area contributed by atoms with Gasteiger partial charge in [-0.05, 0) is 42.5 Å². The number of aromatic nitrogens is 4. The largest absolute Gasteiger partial charge is 0.483 e. The Labute approximate surface area is 173 Å². The van der Waals surface area contributed by atoms with Gasteiger partial charge in [-0.15, -0.1) is 10.2 Å². The van der Waals surface area contributed by atoms with Crippen LogP contribution in [-0.2, 0) is 11.0 Å². The molecule has 0 bridgehead atoms. The normalized spacial score (nSPS) is 11.3. The molecule has 0 saturated heterocycles. The Morgan fingerprint density at radius 1 is 0.968 bits per heavy atom. The highest BCUT2D eigenvalue weighted by Gasteiger charge is 2.33. The van der Waals surface area contributed by atoms with Crippen LogP contribution in [0.1, 0.15) is 5.56 Å². The number of carbonyl (C=O) groups excluding carboxylic acids is 1. The predicted octanol–water partition coefficient (Wildman–Crippen LogP) is 3.74. The molecule has 0 radical (unpaired) electrons. The minimum absolute atomic E-state index is 0.137. The van der Waals surface area contributed by atoms with E-state index >= 15 is 0 Å². The fourth-order valence-corrected chi connectivity index (χ4v) is 2.86. The fraction of sp³-hybridized carbons (Fsp3) is 0.100. The summed E-state index contributed by atoms with van der Waals surface area (Å²) in [6.45, 7) is -0.382. The molecule has 2 aromatic heterocycles. The van der Waals surface area contributed by atoms with Gasteiger partial charge in [0.25, 0.3) is 5.91 Å². The number of halogens is 3. The number of rotatable bonds is 6. The summed E-state index contributed by atoms with van der Waals surface area (Å²) in [6, 6.07) is 11.9. The minimum atomic E-state index is -4.54. The maximum Gasteiger partial charge on any atom is 0.418 e. The average Bonchev–Trinajstić information content (AvgIpc) is 3.25. The number of alkyl halides is 3. The molecular formula is C20H15F3N6O2. The van der Waals surface area contributed by atoms with Crippen molar-refractivity contribution in [1.82, 2.24) is 20.1 Å². The van der Waals surface area contributed by atoms with Gasteiger partial charge in [0, 0.05) is 17.3 Å². The number of hydrogen-bond acceptors (Lipinski definition) is 6. The number of hydrogen-bond donors (Lipinski definition) is 2. The van der Waals surface area contributed by atoms with Crippen molar-refractivity contribution in [2.45, 2.75) is 6.18 Å². The van der Waals surface area contributed by atoms with Crippen molar-refractivity contribution >= 4 is 28.2 Å². The molecule has 0 aliphatic carbocycles. The summed E-state index contributed by atoms with van der Waals surface area (Å²) >= 11 is 0. The highest BCUT2D eigenvalue weighted by Crippen LogP contribution is 2.36. The zero-order chi connectivity index (χ0) is 21.8. The molecule has 0 atom stereocenters. The predicted molar refractivity (Wildman–Crippen MR) is 106 cm³/mol. The Balaban J connectivity index is 1.40. The van der Waals surface area contributed by atoms with Crippen LogP contribution >= 0.6 is 0 Å². The van der Waals surface area contributed by atoms with Crippen LogP contribution in [0.2, 0.25) is 0 Å². The summed E-state index contributed by atoms with van der Waals surface area (Å²) in [5.41, 5.74) is 3.04. The highest BCUT2D eigenvalue weighted by molar-refractivity contribution is 5.93. The fourth-order valence-electron chi connectivity index (χ4n) is 2.86. The number of benzene rings is 2. The first-order chi connectivity index (χ1) is 14.9. The molecule has 31 heavy (non-hydrogen) atoms. The smallest absolute Gasteiger partial charge is 0.418 e. The average molecular weight is 428 g/mol. The number of carbonyl (C=O) groups is 1.